The topological polar surface area (TPSA) is 57.5 Å². The number of Topliss-reactive ketones (excluding diaryl/α,β-unsaturated/α-hetero) is 1. The van der Waals surface area contributed by atoms with Crippen LogP contribution in [0, 0.1) is 0 Å². The molecule has 0 aliphatic rings. The van der Waals surface area contributed by atoms with Crippen molar-refractivity contribution in [3.63, 3.8) is 0 Å². The average molecular weight is 228 g/mol. The summed E-state index contributed by atoms with van der Waals surface area (Å²) in [4.78, 5) is 11.3. The van der Waals surface area contributed by atoms with Gasteiger partial charge in [-0.3, -0.25) is 4.79 Å². The van der Waals surface area contributed by atoms with Gasteiger partial charge in [-0.2, -0.15) is 0 Å². The molecule has 3 heteroatoms. The summed E-state index contributed by atoms with van der Waals surface area (Å²) in [7, 11) is 0. The van der Waals surface area contributed by atoms with E-state index in [1.165, 1.54) is 0 Å². The molecule has 0 aliphatic carbocycles. The molecule has 3 nitrogen and oxygen atoms in total. The van der Waals surface area contributed by atoms with Crippen LogP contribution in [0.5, 0.6) is 0 Å². The Morgan fingerprint density at radius 2 is 1.35 bits per heavy atom. The third-order valence-corrected chi connectivity index (χ3v) is 2.51. The van der Waals surface area contributed by atoms with Crippen molar-refractivity contribution in [2.24, 2.45) is 0 Å². The molecule has 2 aromatic carbocycles. The zero-order valence-electron chi connectivity index (χ0n) is 9.08. The van der Waals surface area contributed by atoms with E-state index in [2.05, 4.69) is 0 Å². The first-order valence-corrected chi connectivity index (χ1v) is 5.24. The summed E-state index contributed by atoms with van der Waals surface area (Å²) in [5.74, 6) is -0.690. The van der Waals surface area contributed by atoms with E-state index >= 15 is 0 Å². The van der Waals surface area contributed by atoms with Gasteiger partial charge in [0.25, 0.3) is 0 Å². The number of rotatable bonds is 3. The van der Waals surface area contributed by atoms with Crippen LogP contribution in [0.15, 0.2) is 54.6 Å². The van der Waals surface area contributed by atoms with Crippen molar-refractivity contribution in [3.05, 3.63) is 60.2 Å². The van der Waals surface area contributed by atoms with Crippen LogP contribution < -0.4 is 0 Å². The molecule has 2 aromatic rings. The second kappa shape index (κ2) is 4.91. The Labute approximate surface area is 99.0 Å². The van der Waals surface area contributed by atoms with Crippen molar-refractivity contribution in [1.82, 2.24) is 0 Å². The van der Waals surface area contributed by atoms with Crippen molar-refractivity contribution >= 4 is 5.78 Å². The number of hydrogen-bond acceptors (Lipinski definition) is 3. The van der Waals surface area contributed by atoms with Crippen LogP contribution in [0.3, 0.4) is 0 Å². The molecule has 0 fully saturated rings. The molecule has 0 aromatic heterocycles. The molecular formula is C14H12O3. The van der Waals surface area contributed by atoms with E-state index in [0.717, 1.165) is 11.1 Å². The normalized spacial score (nSPS) is 10.5. The van der Waals surface area contributed by atoms with Gasteiger partial charge in [0.2, 0.25) is 12.1 Å². The zero-order chi connectivity index (χ0) is 12.3. The second-order valence-electron chi connectivity index (χ2n) is 3.68. The molecule has 0 saturated heterocycles. The Bertz CT molecular complexity index is 501. The van der Waals surface area contributed by atoms with E-state index in [-0.39, 0.29) is 0 Å². The molecule has 0 unspecified atom stereocenters. The van der Waals surface area contributed by atoms with Gasteiger partial charge in [0, 0.05) is 5.56 Å². The van der Waals surface area contributed by atoms with Gasteiger partial charge in [0.05, 0.1) is 0 Å². The van der Waals surface area contributed by atoms with Crippen LogP contribution in [0.2, 0.25) is 0 Å². The number of ketones is 1. The minimum Gasteiger partial charge on any atom is -0.362 e. The van der Waals surface area contributed by atoms with Gasteiger partial charge < -0.3 is 10.2 Å². The molecule has 0 bridgehead atoms. The van der Waals surface area contributed by atoms with E-state index in [4.69, 9.17) is 10.2 Å². The maximum absolute atomic E-state index is 11.3. The van der Waals surface area contributed by atoms with Crippen LogP contribution in [0.25, 0.3) is 11.1 Å². The molecular weight excluding hydrogens is 216 g/mol. The Kier molecular flexibility index (Phi) is 3.32. The molecule has 0 heterocycles. The van der Waals surface area contributed by atoms with Gasteiger partial charge in [-0.1, -0.05) is 54.6 Å². The van der Waals surface area contributed by atoms with E-state index in [1.54, 1.807) is 24.3 Å². The number of carbonyl (C=O) groups is 1. The van der Waals surface area contributed by atoms with Crippen LogP contribution in [0.4, 0.5) is 0 Å². The fraction of sp³-hybridized carbons (Fsp3) is 0.0714. The van der Waals surface area contributed by atoms with Crippen LogP contribution in [0.1, 0.15) is 10.4 Å². The molecule has 0 amide bonds. The fourth-order valence-corrected chi connectivity index (χ4v) is 1.61. The SMILES string of the molecule is O=C(c1ccc(-c2ccccc2)cc1)C(O)O. The first-order chi connectivity index (χ1) is 8.18. The molecule has 0 spiro atoms. The summed E-state index contributed by atoms with van der Waals surface area (Å²) in [5.41, 5.74) is 2.32. The van der Waals surface area contributed by atoms with Gasteiger partial charge in [0.15, 0.2) is 0 Å². The van der Waals surface area contributed by atoms with Crippen molar-refractivity contribution < 1.29 is 15.0 Å². The lowest BCUT2D eigenvalue weighted by Crippen LogP contribution is -2.19. The lowest BCUT2D eigenvalue weighted by atomic mass is 10.0. The number of carbonyl (C=O) groups excluding carboxylic acids is 1. The van der Waals surface area contributed by atoms with Crippen LogP contribution >= 0.6 is 0 Å². The number of benzene rings is 2. The summed E-state index contributed by atoms with van der Waals surface area (Å²) < 4.78 is 0. The fourth-order valence-electron chi connectivity index (χ4n) is 1.61. The van der Waals surface area contributed by atoms with Crippen LogP contribution in [-0.2, 0) is 0 Å². The highest BCUT2D eigenvalue weighted by molar-refractivity contribution is 5.98. The van der Waals surface area contributed by atoms with Crippen molar-refractivity contribution in [2.45, 2.75) is 6.29 Å². The second-order valence-corrected chi connectivity index (χ2v) is 3.68. The van der Waals surface area contributed by atoms with Gasteiger partial charge in [-0.15, -0.1) is 0 Å². The summed E-state index contributed by atoms with van der Waals surface area (Å²) >= 11 is 0. The molecule has 2 rings (SSSR count). The van der Waals surface area contributed by atoms with E-state index in [9.17, 15) is 4.79 Å². The number of hydrogen-bond donors (Lipinski definition) is 2. The predicted octanol–water partition coefficient (Wildman–Crippen LogP) is 1.85. The highest BCUT2D eigenvalue weighted by Crippen LogP contribution is 2.19. The summed E-state index contributed by atoms with van der Waals surface area (Å²) in [6.07, 6.45) is -1.95. The quantitative estimate of drug-likeness (QED) is 0.622. The third kappa shape index (κ3) is 2.58. The van der Waals surface area contributed by atoms with Gasteiger partial charge >= 0.3 is 0 Å². The summed E-state index contributed by atoms with van der Waals surface area (Å²) in [6.45, 7) is 0. The molecule has 17 heavy (non-hydrogen) atoms. The first-order valence-electron chi connectivity index (χ1n) is 5.24. The van der Waals surface area contributed by atoms with Gasteiger partial charge in [-0.25, -0.2) is 0 Å². The minimum absolute atomic E-state index is 0.291. The van der Waals surface area contributed by atoms with E-state index in [0.29, 0.717) is 5.56 Å². The van der Waals surface area contributed by atoms with Crippen molar-refractivity contribution in [3.8, 4) is 11.1 Å². The molecule has 0 atom stereocenters. The Balaban J connectivity index is 2.28. The highest BCUT2D eigenvalue weighted by Gasteiger charge is 2.13. The molecule has 0 radical (unpaired) electrons. The standard InChI is InChI=1S/C14H12O3/c15-13(14(16)17)12-8-6-11(7-9-12)10-4-2-1-3-5-10/h1-9,14,16-17H. The first kappa shape index (κ1) is 11.5. The minimum atomic E-state index is -1.95. The molecule has 0 saturated carbocycles. The monoisotopic (exact) mass is 228 g/mol. The predicted molar refractivity (Wildman–Crippen MR) is 64.4 cm³/mol. The lowest BCUT2D eigenvalue weighted by molar-refractivity contribution is -0.0195. The van der Waals surface area contributed by atoms with Crippen molar-refractivity contribution in [2.75, 3.05) is 0 Å². The largest absolute Gasteiger partial charge is 0.362 e. The van der Waals surface area contributed by atoms with Crippen LogP contribution in [-0.4, -0.2) is 22.3 Å². The van der Waals surface area contributed by atoms with Gasteiger partial charge in [0.1, 0.15) is 0 Å². The lowest BCUT2D eigenvalue weighted by Gasteiger charge is -2.05. The average Bonchev–Trinajstić information content (AvgIpc) is 2.39. The highest BCUT2D eigenvalue weighted by atomic mass is 16.5. The third-order valence-electron chi connectivity index (χ3n) is 2.51. The summed E-state index contributed by atoms with van der Waals surface area (Å²) in [5, 5.41) is 17.5. The number of aliphatic hydroxyl groups excluding tert-OH is 1. The summed E-state index contributed by atoms with van der Waals surface area (Å²) in [6, 6.07) is 16.5. The molecule has 86 valence electrons. The molecule has 0 aliphatic heterocycles. The Morgan fingerprint density at radius 3 is 1.88 bits per heavy atom. The zero-order valence-corrected chi connectivity index (χ0v) is 9.08. The molecule has 2 N–H and O–H groups in total. The maximum atomic E-state index is 11.3. The Hall–Kier alpha value is -1.97. The number of aliphatic hydroxyl groups is 2. The van der Waals surface area contributed by atoms with Gasteiger partial charge in [-0.05, 0) is 11.1 Å². The maximum Gasteiger partial charge on any atom is 0.218 e. The van der Waals surface area contributed by atoms with Crippen molar-refractivity contribution in [1.29, 1.82) is 0 Å². The smallest absolute Gasteiger partial charge is 0.218 e. The van der Waals surface area contributed by atoms with E-state index in [1.807, 2.05) is 30.3 Å². The Morgan fingerprint density at radius 1 is 0.824 bits per heavy atom. The van der Waals surface area contributed by atoms with E-state index < -0.39 is 12.1 Å².